The Kier molecular flexibility index (Phi) is 3.63. The summed E-state index contributed by atoms with van der Waals surface area (Å²) in [6.07, 6.45) is 3.89. The molecule has 0 aliphatic heterocycles. The number of fused-ring (bicyclic) bond motifs is 1. The smallest absolute Gasteiger partial charge is 0.0774 e. The third kappa shape index (κ3) is 2.20. The number of aryl methyl sites for hydroxylation is 3. The van der Waals surface area contributed by atoms with Gasteiger partial charge in [-0.25, -0.2) is 0 Å². The highest BCUT2D eigenvalue weighted by atomic mass is 79.9. The Balaban J connectivity index is 1.99. The van der Waals surface area contributed by atoms with E-state index in [0.717, 1.165) is 0 Å². The van der Waals surface area contributed by atoms with E-state index in [0.29, 0.717) is 6.04 Å². The Morgan fingerprint density at radius 3 is 2.72 bits per heavy atom. The Labute approximate surface area is 124 Å². The lowest BCUT2D eigenvalue weighted by molar-refractivity contribution is 0.713. The molecular weight excluding hydrogens is 326 g/mol. The molecule has 0 fully saturated rings. The van der Waals surface area contributed by atoms with Gasteiger partial charge in [0.15, 0.2) is 0 Å². The van der Waals surface area contributed by atoms with Crippen molar-refractivity contribution in [3.63, 3.8) is 0 Å². The van der Waals surface area contributed by atoms with E-state index in [2.05, 4.69) is 47.4 Å². The zero-order chi connectivity index (χ0) is 12.7. The summed E-state index contributed by atoms with van der Waals surface area (Å²) in [5.41, 5.74) is 1.58. The van der Waals surface area contributed by atoms with Crippen LogP contribution in [0.1, 0.15) is 37.5 Å². The monoisotopic (exact) mass is 341 g/mol. The zero-order valence-corrected chi connectivity index (χ0v) is 13.8. The minimum absolute atomic E-state index is 0.341. The second-order valence-electron chi connectivity index (χ2n) is 4.74. The van der Waals surface area contributed by atoms with Crippen molar-refractivity contribution < 1.29 is 0 Å². The summed E-state index contributed by atoms with van der Waals surface area (Å²) in [5.74, 6) is 0. The van der Waals surface area contributed by atoms with Crippen LogP contribution in [0.25, 0.3) is 0 Å². The Morgan fingerprint density at radius 2 is 2.11 bits per heavy atom. The lowest BCUT2D eigenvalue weighted by Crippen LogP contribution is -2.15. The molecule has 1 unspecified atom stereocenters. The van der Waals surface area contributed by atoms with Crippen molar-refractivity contribution >= 4 is 38.6 Å². The second-order valence-corrected chi connectivity index (χ2v) is 8.05. The van der Waals surface area contributed by atoms with Gasteiger partial charge in [0.1, 0.15) is 0 Å². The molecule has 0 saturated carbocycles. The fourth-order valence-electron chi connectivity index (χ4n) is 2.59. The minimum Gasteiger partial charge on any atom is -0.308 e. The summed E-state index contributed by atoms with van der Waals surface area (Å²) >= 11 is 7.56. The third-order valence-corrected chi connectivity index (χ3v) is 6.77. The maximum absolute atomic E-state index is 3.69. The molecule has 4 heteroatoms. The van der Waals surface area contributed by atoms with Crippen molar-refractivity contribution in [2.24, 2.45) is 0 Å². The first-order valence-electron chi connectivity index (χ1n) is 6.23. The van der Waals surface area contributed by atoms with E-state index in [9.17, 15) is 0 Å². The number of thiophene rings is 2. The molecule has 1 nitrogen and oxygen atoms in total. The molecule has 96 valence electrons. The van der Waals surface area contributed by atoms with E-state index >= 15 is 0 Å². The molecule has 0 aromatic carbocycles. The second kappa shape index (κ2) is 5.08. The molecule has 1 atom stereocenters. The molecule has 0 amide bonds. The average Bonchev–Trinajstić information content (AvgIpc) is 2.95. The predicted octanol–water partition coefficient (Wildman–Crippen LogP) is 4.68. The molecule has 18 heavy (non-hydrogen) atoms. The quantitative estimate of drug-likeness (QED) is 0.854. The van der Waals surface area contributed by atoms with Crippen LogP contribution in [0.15, 0.2) is 16.6 Å². The summed E-state index contributed by atoms with van der Waals surface area (Å²) in [4.78, 5) is 5.83. The molecule has 3 rings (SSSR count). The van der Waals surface area contributed by atoms with Crippen LogP contribution in [0, 0.1) is 6.92 Å². The van der Waals surface area contributed by atoms with Gasteiger partial charge in [-0.1, -0.05) is 0 Å². The standard InChI is InChI=1S/C14H16BrNS2/c1-8-6-10(15)14(17-8)13(16-2)12-7-9-4-3-5-11(9)18-12/h6-7,13,16H,3-5H2,1-2H3. The van der Waals surface area contributed by atoms with Crippen molar-refractivity contribution in [3.05, 3.63) is 41.7 Å². The van der Waals surface area contributed by atoms with E-state index in [1.54, 1.807) is 10.4 Å². The van der Waals surface area contributed by atoms with Crippen LogP contribution in [-0.2, 0) is 12.8 Å². The largest absolute Gasteiger partial charge is 0.308 e. The van der Waals surface area contributed by atoms with Crippen LogP contribution in [0.2, 0.25) is 0 Å². The molecule has 0 saturated heterocycles. The summed E-state index contributed by atoms with van der Waals surface area (Å²) in [5, 5.41) is 3.47. The molecule has 1 aliphatic rings. The molecule has 0 radical (unpaired) electrons. The van der Waals surface area contributed by atoms with Crippen LogP contribution in [0.3, 0.4) is 0 Å². The number of nitrogens with one attached hydrogen (secondary N) is 1. The number of hydrogen-bond donors (Lipinski definition) is 1. The first kappa shape index (κ1) is 12.9. The minimum atomic E-state index is 0.341. The SMILES string of the molecule is CNC(c1cc2c(s1)CCC2)c1sc(C)cc1Br. The lowest BCUT2D eigenvalue weighted by atomic mass is 10.1. The van der Waals surface area contributed by atoms with Crippen LogP contribution >= 0.6 is 38.6 Å². The summed E-state index contributed by atoms with van der Waals surface area (Å²) in [6.45, 7) is 2.17. The van der Waals surface area contributed by atoms with Crippen molar-refractivity contribution in [2.75, 3.05) is 7.05 Å². The molecule has 0 spiro atoms. The van der Waals surface area contributed by atoms with E-state index in [4.69, 9.17) is 0 Å². The molecule has 2 heterocycles. The molecular formula is C14H16BrNS2. The van der Waals surface area contributed by atoms with Gasteiger partial charge in [-0.05, 0) is 66.9 Å². The van der Waals surface area contributed by atoms with Gasteiger partial charge in [0, 0.05) is 24.0 Å². The summed E-state index contributed by atoms with van der Waals surface area (Å²) in [6, 6.07) is 4.97. The third-order valence-electron chi connectivity index (χ3n) is 3.44. The number of hydrogen-bond acceptors (Lipinski definition) is 3. The number of halogens is 1. The van der Waals surface area contributed by atoms with Gasteiger partial charge in [0.25, 0.3) is 0 Å². The Bertz CT molecular complexity index is 549. The van der Waals surface area contributed by atoms with Gasteiger partial charge in [-0.2, -0.15) is 0 Å². The molecule has 0 bridgehead atoms. The maximum Gasteiger partial charge on any atom is 0.0774 e. The molecule has 2 aromatic heterocycles. The average molecular weight is 342 g/mol. The van der Waals surface area contributed by atoms with Crippen molar-refractivity contribution in [3.8, 4) is 0 Å². The van der Waals surface area contributed by atoms with Gasteiger partial charge in [0.05, 0.1) is 6.04 Å². The van der Waals surface area contributed by atoms with Crippen molar-refractivity contribution in [1.82, 2.24) is 5.32 Å². The lowest BCUT2D eigenvalue weighted by Gasteiger charge is -2.13. The first-order chi connectivity index (χ1) is 8.69. The van der Waals surface area contributed by atoms with E-state index < -0.39 is 0 Å². The topological polar surface area (TPSA) is 12.0 Å². The predicted molar refractivity (Wildman–Crippen MR) is 84.0 cm³/mol. The summed E-state index contributed by atoms with van der Waals surface area (Å²) in [7, 11) is 2.05. The molecule has 1 N–H and O–H groups in total. The Hall–Kier alpha value is -0.160. The highest BCUT2D eigenvalue weighted by molar-refractivity contribution is 9.10. The van der Waals surface area contributed by atoms with E-state index in [1.165, 1.54) is 38.4 Å². The fourth-order valence-corrected chi connectivity index (χ4v) is 6.06. The van der Waals surface area contributed by atoms with Gasteiger partial charge >= 0.3 is 0 Å². The van der Waals surface area contributed by atoms with Crippen LogP contribution in [0.4, 0.5) is 0 Å². The highest BCUT2D eigenvalue weighted by Crippen LogP contribution is 2.40. The van der Waals surface area contributed by atoms with Crippen LogP contribution in [-0.4, -0.2) is 7.05 Å². The van der Waals surface area contributed by atoms with Crippen LogP contribution in [0.5, 0.6) is 0 Å². The van der Waals surface area contributed by atoms with Crippen molar-refractivity contribution in [1.29, 1.82) is 0 Å². The van der Waals surface area contributed by atoms with Crippen molar-refractivity contribution in [2.45, 2.75) is 32.2 Å². The molecule has 2 aromatic rings. The first-order valence-corrected chi connectivity index (χ1v) is 8.66. The number of rotatable bonds is 3. The van der Waals surface area contributed by atoms with Gasteiger partial charge < -0.3 is 5.32 Å². The van der Waals surface area contributed by atoms with E-state index in [1.807, 2.05) is 22.7 Å². The molecule has 1 aliphatic carbocycles. The maximum atomic E-state index is 3.69. The van der Waals surface area contributed by atoms with Gasteiger partial charge in [-0.15, -0.1) is 22.7 Å². The highest BCUT2D eigenvalue weighted by Gasteiger charge is 2.23. The van der Waals surface area contributed by atoms with E-state index in [-0.39, 0.29) is 0 Å². The van der Waals surface area contributed by atoms with Gasteiger partial charge in [0.2, 0.25) is 0 Å². The Morgan fingerprint density at radius 1 is 1.28 bits per heavy atom. The van der Waals surface area contributed by atoms with Crippen LogP contribution < -0.4 is 5.32 Å². The normalized spacial score (nSPS) is 15.9. The summed E-state index contributed by atoms with van der Waals surface area (Å²) < 4.78 is 1.23. The fraction of sp³-hybridized carbons (Fsp3) is 0.429. The van der Waals surface area contributed by atoms with Gasteiger partial charge in [-0.3, -0.25) is 0 Å². The zero-order valence-electron chi connectivity index (χ0n) is 10.5.